The van der Waals surface area contributed by atoms with E-state index in [0.29, 0.717) is 6.07 Å². The maximum atomic E-state index is 13.1. The molecule has 0 aliphatic rings. The number of nitro groups is 1. The maximum Gasteiger partial charge on any atom is 0.326 e. The van der Waals surface area contributed by atoms with Crippen LogP contribution in [0.25, 0.3) is 0 Å². The van der Waals surface area contributed by atoms with Gasteiger partial charge in [-0.15, -0.1) is 0 Å². The monoisotopic (exact) mass is 286 g/mol. The molecule has 1 unspecified atom stereocenters. The first kappa shape index (κ1) is 15.5. The van der Waals surface area contributed by atoms with Gasteiger partial charge >= 0.3 is 11.7 Å². The van der Waals surface area contributed by atoms with Gasteiger partial charge < -0.3 is 15.5 Å². The molecule has 9 heteroatoms. The van der Waals surface area contributed by atoms with E-state index >= 15 is 0 Å². The topological polar surface area (TPSA) is 130 Å². The summed E-state index contributed by atoms with van der Waals surface area (Å²) in [6.07, 6.45) is -0.218. The molecule has 0 aromatic heterocycles. The van der Waals surface area contributed by atoms with Crippen LogP contribution in [0.3, 0.4) is 0 Å². The Kier molecular flexibility index (Phi) is 5.09. The molecule has 1 aromatic rings. The fourth-order valence-corrected chi connectivity index (χ4v) is 1.42. The molecule has 20 heavy (non-hydrogen) atoms. The molecule has 1 amide bonds. The number of carboxylic acids is 1. The summed E-state index contributed by atoms with van der Waals surface area (Å²) >= 11 is 0. The van der Waals surface area contributed by atoms with Crippen LogP contribution in [0.1, 0.15) is 16.8 Å². The fourth-order valence-electron chi connectivity index (χ4n) is 1.42. The van der Waals surface area contributed by atoms with Crippen molar-refractivity contribution in [2.75, 3.05) is 6.61 Å². The minimum absolute atomic E-state index is 0.218. The quantitative estimate of drug-likeness (QED) is 0.509. The van der Waals surface area contributed by atoms with E-state index in [4.69, 9.17) is 10.2 Å². The van der Waals surface area contributed by atoms with E-state index in [2.05, 4.69) is 5.32 Å². The molecule has 0 saturated carbocycles. The van der Waals surface area contributed by atoms with Gasteiger partial charge in [0.15, 0.2) is 0 Å². The molecule has 0 aliphatic heterocycles. The van der Waals surface area contributed by atoms with Crippen molar-refractivity contribution >= 4 is 17.6 Å². The zero-order valence-corrected chi connectivity index (χ0v) is 10.1. The Labute approximate surface area is 112 Å². The van der Waals surface area contributed by atoms with Crippen LogP contribution < -0.4 is 5.32 Å². The number of amides is 1. The molecular weight excluding hydrogens is 275 g/mol. The van der Waals surface area contributed by atoms with Gasteiger partial charge in [-0.2, -0.15) is 4.39 Å². The number of aliphatic hydroxyl groups is 1. The molecular formula is C11H11FN2O6. The normalized spacial score (nSPS) is 11.7. The predicted octanol–water partition coefficient (Wildman–Crippen LogP) is 0.299. The van der Waals surface area contributed by atoms with Crippen LogP contribution in [0, 0.1) is 15.9 Å². The average molecular weight is 286 g/mol. The van der Waals surface area contributed by atoms with E-state index in [9.17, 15) is 24.1 Å². The molecule has 0 fully saturated rings. The lowest BCUT2D eigenvalue weighted by atomic mass is 10.1. The lowest BCUT2D eigenvalue weighted by Crippen LogP contribution is -2.41. The summed E-state index contributed by atoms with van der Waals surface area (Å²) in [7, 11) is 0. The van der Waals surface area contributed by atoms with E-state index < -0.39 is 41.0 Å². The molecule has 0 spiro atoms. The number of nitro benzene ring substituents is 1. The van der Waals surface area contributed by atoms with Gasteiger partial charge in [0.05, 0.1) is 4.92 Å². The highest BCUT2D eigenvalue weighted by Gasteiger charge is 2.22. The molecule has 108 valence electrons. The number of hydrogen-bond donors (Lipinski definition) is 3. The summed E-state index contributed by atoms with van der Waals surface area (Å²) in [5, 5.41) is 30.1. The van der Waals surface area contributed by atoms with Crippen molar-refractivity contribution in [3.8, 4) is 0 Å². The largest absolute Gasteiger partial charge is 0.480 e. The van der Waals surface area contributed by atoms with Gasteiger partial charge in [0.2, 0.25) is 5.82 Å². The van der Waals surface area contributed by atoms with Crippen LogP contribution in [0.15, 0.2) is 18.2 Å². The Morgan fingerprint density at radius 1 is 1.45 bits per heavy atom. The SMILES string of the molecule is O=C(NC(CCO)C(=O)O)c1ccc(F)c([N+](=O)[O-])c1. The maximum absolute atomic E-state index is 13.1. The molecule has 0 aliphatic carbocycles. The van der Waals surface area contributed by atoms with E-state index in [0.717, 1.165) is 12.1 Å². The second kappa shape index (κ2) is 6.57. The summed E-state index contributed by atoms with van der Waals surface area (Å²) in [5.74, 6) is -3.37. The zero-order chi connectivity index (χ0) is 15.3. The number of carbonyl (C=O) groups excluding carboxylic acids is 1. The highest BCUT2D eigenvalue weighted by Crippen LogP contribution is 2.18. The van der Waals surface area contributed by atoms with Gasteiger partial charge in [-0.25, -0.2) is 4.79 Å². The fraction of sp³-hybridized carbons (Fsp3) is 0.273. The van der Waals surface area contributed by atoms with Crippen LogP contribution in [-0.4, -0.2) is 39.7 Å². The minimum Gasteiger partial charge on any atom is -0.480 e. The Morgan fingerprint density at radius 3 is 2.60 bits per heavy atom. The Morgan fingerprint density at radius 2 is 2.10 bits per heavy atom. The Hall–Kier alpha value is -2.55. The number of aliphatic carboxylic acids is 1. The van der Waals surface area contributed by atoms with Crippen molar-refractivity contribution in [1.82, 2.24) is 5.32 Å². The number of benzene rings is 1. The zero-order valence-electron chi connectivity index (χ0n) is 10.1. The Balaban J connectivity index is 2.95. The standard InChI is InChI=1S/C11H11FN2O6/c12-7-2-1-6(5-9(7)14(19)20)10(16)13-8(3-4-15)11(17)18/h1-2,5,8,15H,3-4H2,(H,13,16)(H,17,18). The summed E-state index contributed by atoms with van der Waals surface area (Å²) in [6, 6.07) is 1.11. The lowest BCUT2D eigenvalue weighted by Gasteiger charge is -2.13. The molecule has 8 nitrogen and oxygen atoms in total. The summed E-state index contributed by atoms with van der Waals surface area (Å²) < 4.78 is 13.1. The summed E-state index contributed by atoms with van der Waals surface area (Å²) in [5.41, 5.74) is -1.13. The minimum atomic E-state index is -1.36. The van der Waals surface area contributed by atoms with Crippen LogP contribution in [0.4, 0.5) is 10.1 Å². The van der Waals surface area contributed by atoms with Crippen LogP contribution in [0.5, 0.6) is 0 Å². The third-order valence-corrected chi connectivity index (χ3v) is 2.43. The van der Waals surface area contributed by atoms with Crippen molar-refractivity contribution in [3.63, 3.8) is 0 Å². The number of halogens is 1. The van der Waals surface area contributed by atoms with E-state index in [-0.39, 0.29) is 12.0 Å². The number of carbonyl (C=O) groups is 2. The number of nitrogens with zero attached hydrogens (tertiary/aromatic N) is 1. The molecule has 0 saturated heterocycles. The average Bonchev–Trinajstić information content (AvgIpc) is 2.38. The molecule has 3 N–H and O–H groups in total. The first-order chi connectivity index (χ1) is 9.36. The second-order valence-electron chi connectivity index (χ2n) is 3.80. The van der Waals surface area contributed by atoms with Gasteiger partial charge in [-0.05, 0) is 12.1 Å². The molecule has 0 radical (unpaired) electrons. The third-order valence-electron chi connectivity index (χ3n) is 2.43. The van der Waals surface area contributed by atoms with Gasteiger partial charge in [-0.1, -0.05) is 0 Å². The number of nitrogens with one attached hydrogen (secondary N) is 1. The van der Waals surface area contributed by atoms with Gasteiger partial charge in [0.25, 0.3) is 5.91 Å². The number of rotatable bonds is 6. The highest BCUT2D eigenvalue weighted by molar-refractivity contribution is 5.97. The van der Waals surface area contributed by atoms with Crippen LogP contribution in [-0.2, 0) is 4.79 Å². The van der Waals surface area contributed by atoms with Crippen molar-refractivity contribution in [2.45, 2.75) is 12.5 Å². The van der Waals surface area contributed by atoms with Crippen LogP contribution >= 0.6 is 0 Å². The van der Waals surface area contributed by atoms with Crippen molar-refractivity contribution < 1.29 is 29.1 Å². The molecule has 0 bridgehead atoms. The summed E-state index contributed by atoms with van der Waals surface area (Å²) in [4.78, 5) is 32.1. The highest BCUT2D eigenvalue weighted by atomic mass is 19.1. The predicted molar refractivity (Wildman–Crippen MR) is 63.6 cm³/mol. The Bertz CT molecular complexity index is 548. The molecule has 0 heterocycles. The van der Waals surface area contributed by atoms with E-state index in [1.165, 1.54) is 0 Å². The number of aliphatic hydroxyl groups excluding tert-OH is 1. The smallest absolute Gasteiger partial charge is 0.326 e. The van der Waals surface area contributed by atoms with Crippen molar-refractivity contribution in [1.29, 1.82) is 0 Å². The third kappa shape index (κ3) is 3.72. The lowest BCUT2D eigenvalue weighted by molar-refractivity contribution is -0.387. The van der Waals surface area contributed by atoms with Crippen molar-refractivity contribution in [2.24, 2.45) is 0 Å². The van der Waals surface area contributed by atoms with E-state index in [1.807, 2.05) is 0 Å². The molecule has 1 atom stereocenters. The number of hydrogen-bond acceptors (Lipinski definition) is 5. The molecule has 1 aromatic carbocycles. The van der Waals surface area contributed by atoms with Gasteiger partial charge in [0.1, 0.15) is 6.04 Å². The summed E-state index contributed by atoms with van der Waals surface area (Å²) in [6.45, 7) is -0.458. The first-order valence-corrected chi connectivity index (χ1v) is 5.45. The first-order valence-electron chi connectivity index (χ1n) is 5.45. The van der Waals surface area contributed by atoms with E-state index in [1.54, 1.807) is 0 Å². The van der Waals surface area contributed by atoms with Crippen molar-refractivity contribution in [3.05, 3.63) is 39.7 Å². The number of carboxylic acid groups (broad SMARTS) is 1. The second-order valence-corrected chi connectivity index (χ2v) is 3.80. The molecule has 1 rings (SSSR count). The van der Waals surface area contributed by atoms with Gasteiger partial charge in [0, 0.05) is 24.7 Å². The van der Waals surface area contributed by atoms with Crippen LogP contribution in [0.2, 0.25) is 0 Å². The van der Waals surface area contributed by atoms with Gasteiger partial charge in [-0.3, -0.25) is 14.9 Å².